The van der Waals surface area contributed by atoms with Gasteiger partial charge >= 0.3 is 0 Å². The van der Waals surface area contributed by atoms with Crippen LogP contribution < -0.4 is 4.74 Å². The van der Waals surface area contributed by atoms with E-state index in [0.29, 0.717) is 44.5 Å². The van der Waals surface area contributed by atoms with Gasteiger partial charge in [0.15, 0.2) is 17.3 Å². The standard InChI is InChI=1S/C20H17F2N5O4S/c1-29-2-3-30-15-5-13-11(4-12(15)22)18(25-24-13)16-6-14(26-31-16)19-23-7-17(32-19)20(28)27-8-10(21)9-27/h4-7,10H,2-3,8-9H2,1H3,(H,24,25). The Morgan fingerprint density at radius 1 is 1.34 bits per heavy atom. The second kappa shape index (κ2) is 8.28. The van der Waals surface area contributed by atoms with Gasteiger partial charge < -0.3 is 18.9 Å². The summed E-state index contributed by atoms with van der Waals surface area (Å²) in [6, 6.07) is 4.44. The molecule has 0 atom stereocenters. The Morgan fingerprint density at radius 3 is 2.97 bits per heavy atom. The number of carbonyl (C=O) groups excluding carboxylic acids is 1. The van der Waals surface area contributed by atoms with Crippen LogP contribution >= 0.6 is 11.3 Å². The fraction of sp³-hybridized carbons (Fsp3) is 0.300. The molecule has 0 bridgehead atoms. The molecule has 0 unspecified atom stereocenters. The van der Waals surface area contributed by atoms with Gasteiger partial charge in [0.1, 0.15) is 34.1 Å². The van der Waals surface area contributed by atoms with Gasteiger partial charge in [-0.3, -0.25) is 9.89 Å². The number of halogens is 2. The molecule has 1 aliphatic heterocycles. The SMILES string of the molecule is COCCOc1cc2[nH]nc(-c3cc(-c4ncc(C(=O)N5CC(F)C5)s4)no3)c2cc1F. The average molecular weight is 461 g/mol. The minimum absolute atomic E-state index is 0.0873. The number of carbonyl (C=O) groups is 1. The molecule has 1 fully saturated rings. The predicted octanol–water partition coefficient (Wildman–Crippen LogP) is 3.30. The van der Waals surface area contributed by atoms with Crippen molar-refractivity contribution in [2.24, 2.45) is 0 Å². The van der Waals surface area contributed by atoms with Crippen LogP contribution in [-0.2, 0) is 4.74 Å². The topological polar surface area (TPSA) is 106 Å². The molecule has 9 nitrogen and oxygen atoms in total. The summed E-state index contributed by atoms with van der Waals surface area (Å²) in [5, 5.41) is 12.0. The van der Waals surface area contributed by atoms with Crippen LogP contribution in [0.15, 0.2) is 28.9 Å². The van der Waals surface area contributed by atoms with Gasteiger partial charge in [0, 0.05) is 24.6 Å². The molecule has 1 N–H and O–H groups in total. The summed E-state index contributed by atoms with van der Waals surface area (Å²) in [6.07, 6.45) is 0.470. The van der Waals surface area contributed by atoms with Crippen LogP contribution in [-0.4, -0.2) is 70.7 Å². The molecule has 1 amide bonds. The molecule has 32 heavy (non-hydrogen) atoms. The number of hydrogen-bond acceptors (Lipinski definition) is 8. The van der Waals surface area contributed by atoms with Gasteiger partial charge in [-0.05, 0) is 6.07 Å². The van der Waals surface area contributed by atoms with E-state index in [2.05, 4.69) is 20.3 Å². The van der Waals surface area contributed by atoms with Gasteiger partial charge in [-0.1, -0.05) is 5.16 Å². The van der Waals surface area contributed by atoms with Crippen LogP contribution in [0.5, 0.6) is 5.75 Å². The molecule has 0 spiro atoms. The maximum Gasteiger partial charge on any atom is 0.265 e. The van der Waals surface area contributed by atoms with Crippen LogP contribution in [0.2, 0.25) is 0 Å². The third kappa shape index (κ3) is 3.71. The number of alkyl halides is 1. The number of benzene rings is 1. The third-order valence-corrected chi connectivity index (χ3v) is 5.97. The molecule has 4 heterocycles. The highest BCUT2D eigenvalue weighted by Crippen LogP contribution is 2.34. The lowest BCUT2D eigenvalue weighted by atomic mass is 10.1. The first-order valence-corrected chi connectivity index (χ1v) is 10.5. The monoisotopic (exact) mass is 461 g/mol. The number of nitrogens with zero attached hydrogens (tertiary/aromatic N) is 4. The second-order valence-electron chi connectivity index (χ2n) is 7.16. The van der Waals surface area contributed by atoms with Gasteiger partial charge in [-0.25, -0.2) is 13.8 Å². The molecule has 12 heteroatoms. The average Bonchev–Trinajstić information content (AvgIpc) is 3.50. The number of rotatable bonds is 7. The van der Waals surface area contributed by atoms with E-state index in [-0.39, 0.29) is 31.4 Å². The Morgan fingerprint density at radius 2 is 2.19 bits per heavy atom. The van der Waals surface area contributed by atoms with Gasteiger partial charge in [0.25, 0.3) is 5.91 Å². The number of aromatic nitrogens is 4. The lowest BCUT2D eigenvalue weighted by Gasteiger charge is -2.33. The first-order chi connectivity index (χ1) is 15.5. The first-order valence-electron chi connectivity index (χ1n) is 9.69. The van der Waals surface area contributed by atoms with Gasteiger partial charge in [-0.2, -0.15) is 5.10 Å². The van der Waals surface area contributed by atoms with Crippen LogP contribution in [0.4, 0.5) is 8.78 Å². The first kappa shape index (κ1) is 20.5. The third-order valence-electron chi connectivity index (χ3n) is 4.96. The van der Waals surface area contributed by atoms with Crippen molar-refractivity contribution < 1.29 is 27.6 Å². The zero-order chi connectivity index (χ0) is 22.2. The Balaban J connectivity index is 1.38. The van der Waals surface area contributed by atoms with Crippen LogP contribution in [0.25, 0.3) is 33.1 Å². The number of thiazole rings is 1. The summed E-state index contributed by atoms with van der Waals surface area (Å²) < 4.78 is 43.2. The number of amides is 1. The van der Waals surface area contributed by atoms with Crippen molar-refractivity contribution in [1.29, 1.82) is 0 Å². The number of methoxy groups -OCH3 is 1. The van der Waals surface area contributed by atoms with Crippen molar-refractivity contribution >= 4 is 28.1 Å². The zero-order valence-electron chi connectivity index (χ0n) is 16.8. The Hall–Kier alpha value is -3.38. The number of H-pyrrole nitrogens is 1. The highest BCUT2D eigenvalue weighted by Gasteiger charge is 2.32. The molecule has 4 aromatic rings. The van der Waals surface area contributed by atoms with Crippen molar-refractivity contribution in [2.45, 2.75) is 6.17 Å². The number of ether oxygens (including phenoxy) is 2. The molecule has 5 rings (SSSR count). The quantitative estimate of drug-likeness (QED) is 0.421. The number of aromatic amines is 1. The van der Waals surface area contributed by atoms with E-state index in [4.69, 9.17) is 14.0 Å². The van der Waals surface area contributed by atoms with Gasteiger partial charge in [0.2, 0.25) is 0 Å². The second-order valence-corrected chi connectivity index (χ2v) is 8.19. The lowest BCUT2D eigenvalue weighted by molar-refractivity contribution is 0.0404. The van der Waals surface area contributed by atoms with Crippen molar-refractivity contribution in [3.8, 4) is 27.9 Å². The largest absolute Gasteiger partial charge is 0.488 e. The molecule has 166 valence electrons. The van der Waals surface area contributed by atoms with Crippen molar-refractivity contribution in [1.82, 2.24) is 25.2 Å². The number of fused-ring (bicyclic) bond motifs is 1. The van der Waals surface area contributed by atoms with Crippen LogP contribution in [0.3, 0.4) is 0 Å². The van der Waals surface area contributed by atoms with Crippen molar-refractivity contribution in [2.75, 3.05) is 33.4 Å². The number of hydrogen-bond donors (Lipinski definition) is 1. The molecule has 1 saturated heterocycles. The van der Waals surface area contributed by atoms with Crippen molar-refractivity contribution in [3.05, 3.63) is 35.1 Å². The molecule has 3 aromatic heterocycles. The van der Waals surface area contributed by atoms with Crippen molar-refractivity contribution in [3.63, 3.8) is 0 Å². The Bertz CT molecular complexity index is 1280. The summed E-state index contributed by atoms with van der Waals surface area (Å²) in [6.45, 7) is 0.755. The molecular formula is C20H17F2N5O4S. The normalized spacial score (nSPS) is 14.2. The van der Waals surface area contributed by atoms with E-state index in [9.17, 15) is 13.6 Å². The number of likely N-dealkylation sites (tertiary alicyclic amines) is 1. The summed E-state index contributed by atoms with van der Waals surface area (Å²) in [5.74, 6) is -0.404. The predicted molar refractivity (Wildman–Crippen MR) is 111 cm³/mol. The summed E-state index contributed by atoms with van der Waals surface area (Å²) in [7, 11) is 1.53. The Kier molecular flexibility index (Phi) is 5.31. The summed E-state index contributed by atoms with van der Waals surface area (Å²) in [5.41, 5.74) is 1.35. The Labute approximate surface area is 183 Å². The maximum atomic E-state index is 14.5. The van der Waals surface area contributed by atoms with E-state index in [1.807, 2.05) is 0 Å². The smallest absolute Gasteiger partial charge is 0.265 e. The van der Waals surface area contributed by atoms with Gasteiger partial charge in [0.05, 0.1) is 31.4 Å². The van der Waals surface area contributed by atoms with E-state index in [1.54, 1.807) is 6.07 Å². The molecule has 0 aliphatic carbocycles. The number of nitrogens with one attached hydrogen (secondary N) is 1. The van der Waals surface area contributed by atoms with Crippen LogP contribution in [0.1, 0.15) is 9.67 Å². The summed E-state index contributed by atoms with van der Waals surface area (Å²) in [4.78, 5) is 18.4. The van der Waals surface area contributed by atoms with E-state index < -0.39 is 12.0 Å². The maximum absolute atomic E-state index is 14.5. The highest BCUT2D eigenvalue weighted by molar-refractivity contribution is 7.16. The molecule has 0 radical (unpaired) electrons. The van der Waals surface area contributed by atoms with Crippen LogP contribution in [0, 0.1) is 5.82 Å². The van der Waals surface area contributed by atoms with E-state index in [0.717, 1.165) is 11.3 Å². The lowest BCUT2D eigenvalue weighted by Crippen LogP contribution is -2.51. The van der Waals surface area contributed by atoms with E-state index in [1.165, 1.54) is 30.3 Å². The molecular weight excluding hydrogens is 444 g/mol. The summed E-state index contributed by atoms with van der Waals surface area (Å²) >= 11 is 1.14. The van der Waals surface area contributed by atoms with E-state index >= 15 is 0 Å². The fourth-order valence-corrected chi connectivity index (χ4v) is 4.11. The fourth-order valence-electron chi connectivity index (χ4n) is 3.28. The minimum Gasteiger partial charge on any atom is -0.488 e. The molecule has 1 aromatic carbocycles. The zero-order valence-corrected chi connectivity index (χ0v) is 17.6. The highest BCUT2D eigenvalue weighted by atomic mass is 32.1. The molecule has 1 aliphatic rings. The molecule has 0 saturated carbocycles. The van der Waals surface area contributed by atoms with Gasteiger partial charge in [-0.15, -0.1) is 11.3 Å². The minimum atomic E-state index is -0.967.